The van der Waals surface area contributed by atoms with Crippen LogP contribution in [0.15, 0.2) is 42.6 Å². The molecular formula is C13H14N2OS. The van der Waals surface area contributed by atoms with Gasteiger partial charge in [0.1, 0.15) is 10.7 Å². The third-order valence-electron chi connectivity index (χ3n) is 2.57. The van der Waals surface area contributed by atoms with Gasteiger partial charge in [-0.15, -0.1) is 0 Å². The van der Waals surface area contributed by atoms with Crippen molar-refractivity contribution < 1.29 is 4.74 Å². The molecule has 0 radical (unpaired) electrons. The number of aromatic nitrogens is 1. The summed E-state index contributed by atoms with van der Waals surface area (Å²) in [5, 5.41) is 0. The summed E-state index contributed by atoms with van der Waals surface area (Å²) in [6.07, 6.45) is 1.97. The van der Waals surface area contributed by atoms with Crippen molar-refractivity contribution in [1.82, 2.24) is 4.57 Å². The van der Waals surface area contributed by atoms with Gasteiger partial charge in [-0.1, -0.05) is 24.4 Å². The second-order valence-corrected chi connectivity index (χ2v) is 4.18. The van der Waals surface area contributed by atoms with E-state index in [-0.39, 0.29) is 0 Å². The predicted molar refractivity (Wildman–Crippen MR) is 72.4 cm³/mol. The van der Waals surface area contributed by atoms with E-state index in [9.17, 15) is 0 Å². The quantitative estimate of drug-likeness (QED) is 0.841. The molecule has 0 saturated carbocycles. The molecule has 0 spiro atoms. The fourth-order valence-electron chi connectivity index (χ4n) is 1.74. The Bertz CT molecular complexity index is 534. The highest BCUT2D eigenvalue weighted by Crippen LogP contribution is 2.14. The van der Waals surface area contributed by atoms with Crippen molar-refractivity contribution in [2.45, 2.75) is 6.54 Å². The fraction of sp³-hybridized carbons (Fsp3) is 0.154. The molecule has 0 saturated heterocycles. The highest BCUT2D eigenvalue weighted by molar-refractivity contribution is 7.80. The van der Waals surface area contributed by atoms with E-state index in [0.717, 1.165) is 23.6 Å². The monoisotopic (exact) mass is 246 g/mol. The minimum absolute atomic E-state index is 0.415. The number of nitrogens with zero attached hydrogens (tertiary/aromatic N) is 1. The Kier molecular flexibility index (Phi) is 3.44. The van der Waals surface area contributed by atoms with E-state index in [4.69, 9.17) is 22.7 Å². The van der Waals surface area contributed by atoms with Crippen molar-refractivity contribution in [3.63, 3.8) is 0 Å². The van der Waals surface area contributed by atoms with Crippen LogP contribution in [0.3, 0.4) is 0 Å². The molecule has 17 heavy (non-hydrogen) atoms. The summed E-state index contributed by atoms with van der Waals surface area (Å²) in [6.45, 7) is 0.733. The first-order valence-corrected chi connectivity index (χ1v) is 5.69. The molecule has 1 aromatic carbocycles. The maximum Gasteiger partial charge on any atom is 0.120 e. The van der Waals surface area contributed by atoms with E-state index in [1.165, 1.54) is 0 Å². The van der Waals surface area contributed by atoms with Crippen molar-refractivity contribution in [3.8, 4) is 5.75 Å². The molecule has 0 amide bonds. The van der Waals surface area contributed by atoms with Crippen LogP contribution in [0.25, 0.3) is 0 Å². The molecule has 0 unspecified atom stereocenters. The Morgan fingerprint density at radius 3 is 2.88 bits per heavy atom. The van der Waals surface area contributed by atoms with Gasteiger partial charge in [0.2, 0.25) is 0 Å². The summed E-state index contributed by atoms with van der Waals surface area (Å²) in [6, 6.07) is 11.8. The zero-order valence-electron chi connectivity index (χ0n) is 9.59. The van der Waals surface area contributed by atoms with Crippen molar-refractivity contribution in [3.05, 3.63) is 53.9 Å². The predicted octanol–water partition coefficient (Wildman–Crippen LogP) is 2.18. The first-order chi connectivity index (χ1) is 8.20. The lowest BCUT2D eigenvalue weighted by Gasteiger charge is -2.09. The molecule has 1 heterocycles. The average Bonchev–Trinajstić information content (AvgIpc) is 2.77. The van der Waals surface area contributed by atoms with Crippen molar-refractivity contribution in [2.24, 2.45) is 5.73 Å². The zero-order chi connectivity index (χ0) is 12.3. The van der Waals surface area contributed by atoms with Crippen LogP contribution in [0.1, 0.15) is 11.3 Å². The largest absolute Gasteiger partial charge is 0.497 e. The molecule has 2 rings (SSSR count). The maximum absolute atomic E-state index is 5.65. The van der Waals surface area contributed by atoms with Crippen LogP contribution in [0, 0.1) is 0 Å². The van der Waals surface area contributed by atoms with Gasteiger partial charge in [-0.25, -0.2) is 0 Å². The number of ether oxygens (including phenoxy) is 1. The average molecular weight is 246 g/mol. The molecule has 2 N–H and O–H groups in total. The molecule has 0 atom stereocenters. The number of thiocarbonyl (C=S) groups is 1. The van der Waals surface area contributed by atoms with Gasteiger partial charge < -0.3 is 15.0 Å². The van der Waals surface area contributed by atoms with Crippen LogP contribution in [-0.2, 0) is 6.54 Å². The van der Waals surface area contributed by atoms with Crippen LogP contribution < -0.4 is 10.5 Å². The third-order valence-corrected chi connectivity index (χ3v) is 2.78. The third kappa shape index (κ3) is 2.65. The maximum atomic E-state index is 5.65. The van der Waals surface area contributed by atoms with Gasteiger partial charge in [-0.2, -0.15) is 0 Å². The first kappa shape index (κ1) is 11.7. The molecule has 2 aromatic rings. The van der Waals surface area contributed by atoms with Gasteiger partial charge in [-0.05, 0) is 29.8 Å². The van der Waals surface area contributed by atoms with E-state index in [2.05, 4.69) is 0 Å². The molecule has 0 aliphatic rings. The number of nitrogens with two attached hydrogens (primary N) is 1. The van der Waals surface area contributed by atoms with E-state index >= 15 is 0 Å². The Hall–Kier alpha value is -1.81. The minimum atomic E-state index is 0.415. The number of benzene rings is 1. The van der Waals surface area contributed by atoms with Gasteiger partial charge in [0.15, 0.2) is 0 Å². The molecule has 0 aliphatic carbocycles. The molecule has 88 valence electrons. The van der Waals surface area contributed by atoms with Crippen molar-refractivity contribution in [2.75, 3.05) is 7.11 Å². The van der Waals surface area contributed by atoms with Gasteiger partial charge in [0.25, 0.3) is 0 Å². The second-order valence-electron chi connectivity index (χ2n) is 3.74. The molecule has 0 fully saturated rings. The van der Waals surface area contributed by atoms with E-state index in [1.54, 1.807) is 7.11 Å². The van der Waals surface area contributed by atoms with Crippen LogP contribution in [-0.4, -0.2) is 16.7 Å². The van der Waals surface area contributed by atoms with E-state index in [1.807, 2.05) is 47.2 Å². The Morgan fingerprint density at radius 2 is 2.18 bits per heavy atom. The molecule has 3 nitrogen and oxygen atoms in total. The number of hydrogen-bond acceptors (Lipinski definition) is 2. The van der Waals surface area contributed by atoms with E-state index < -0.39 is 0 Å². The molecule has 0 bridgehead atoms. The normalized spacial score (nSPS) is 10.2. The van der Waals surface area contributed by atoms with E-state index in [0.29, 0.717) is 4.99 Å². The van der Waals surface area contributed by atoms with Crippen LogP contribution in [0.2, 0.25) is 0 Å². The number of rotatable bonds is 4. The van der Waals surface area contributed by atoms with Gasteiger partial charge in [0.05, 0.1) is 12.8 Å². The fourth-order valence-corrected chi connectivity index (χ4v) is 1.93. The Labute approximate surface area is 106 Å². The zero-order valence-corrected chi connectivity index (χ0v) is 10.4. The van der Waals surface area contributed by atoms with Gasteiger partial charge in [-0.3, -0.25) is 0 Å². The second kappa shape index (κ2) is 5.01. The first-order valence-electron chi connectivity index (χ1n) is 5.28. The van der Waals surface area contributed by atoms with Crippen LogP contribution in [0.5, 0.6) is 5.75 Å². The number of methoxy groups -OCH3 is 1. The summed E-state index contributed by atoms with van der Waals surface area (Å²) in [4.78, 5) is 0.415. The highest BCUT2D eigenvalue weighted by Gasteiger charge is 2.04. The van der Waals surface area contributed by atoms with Crippen molar-refractivity contribution in [1.29, 1.82) is 0 Å². The van der Waals surface area contributed by atoms with Gasteiger partial charge in [0, 0.05) is 12.7 Å². The SMILES string of the molecule is COc1cccc(Cn2cccc2C(N)=S)c1. The Balaban J connectivity index is 2.25. The topological polar surface area (TPSA) is 40.2 Å². The molecule has 4 heteroatoms. The lowest BCUT2D eigenvalue weighted by molar-refractivity contribution is 0.414. The summed E-state index contributed by atoms with van der Waals surface area (Å²) in [5.74, 6) is 0.853. The smallest absolute Gasteiger partial charge is 0.120 e. The van der Waals surface area contributed by atoms with Crippen LogP contribution in [0.4, 0.5) is 0 Å². The summed E-state index contributed by atoms with van der Waals surface area (Å²) >= 11 is 5.00. The summed E-state index contributed by atoms with van der Waals surface area (Å²) in [5.41, 5.74) is 7.68. The summed E-state index contributed by atoms with van der Waals surface area (Å²) in [7, 11) is 1.66. The minimum Gasteiger partial charge on any atom is -0.497 e. The van der Waals surface area contributed by atoms with Gasteiger partial charge >= 0.3 is 0 Å². The molecular weight excluding hydrogens is 232 g/mol. The molecule has 0 aliphatic heterocycles. The lowest BCUT2D eigenvalue weighted by Crippen LogP contribution is -2.15. The standard InChI is InChI=1S/C13H14N2OS/c1-16-11-5-2-4-10(8-11)9-15-7-3-6-12(15)13(14)17/h2-8H,9H2,1H3,(H2,14,17). The van der Waals surface area contributed by atoms with Crippen molar-refractivity contribution >= 4 is 17.2 Å². The lowest BCUT2D eigenvalue weighted by atomic mass is 10.2. The van der Waals surface area contributed by atoms with Crippen LogP contribution >= 0.6 is 12.2 Å². The Morgan fingerprint density at radius 1 is 1.35 bits per heavy atom. The molecule has 1 aromatic heterocycles. The number of hydrogen-bond donors (Lipinski definition) is 1. The highest BCUT2D eigenvalue weighted by atomic mass is 32.1. The summed E-state index contributed by atoms with van der Waals surface area (Å²) < 4.78 is 7.22.